The summed E-state index contributed by atoms with van der Waals surface area (Å²) in [5.74, 6) is -0.407. The summed E-state index contributed by atoms with van der Waals surface area (Å²) in [5.41, 5.74) is 3.67. The van der Waals surface area contributed by atoms with Gasteiger partial charge in [-0.15, -0.1) is 0 Å². The van der Waals surface area contributed by atoms with Gasteiger partial charge < -0.3 is 10.6 Å². The first-order valence-electron chi connectivity index (χ1n) is 10.4. The Kier molecular flexibility index (Phi) is 7.91. The summed E-state index contributed by atoms with van der Waals surface area (Å²) < 4.78 is -1.82. The fourth-order valence-corrected chi connectivity index (χ4v) is 4.56. The molecule has 8 heteroatoms. The van der Waals surface area contributed by atoms with E-state index in [1.54, 1.807) is 6.08 Å². The quantitative estimate of drug-likeness (QED) is 0.149. The highest BCUT2D eigenvalue weighted by Gasteiger charge is 2.34. The highest BCUT2D eigenvalue weighted by atomic mass is 35.6. The Bertz CT molecular complexity index is 1200. The number of carbonyl (C=O) groups is 1. The first-order valence-corrected chi connectivity index (χ1v) is 12.3. The summed E-state index contributed by atoms with van der Waals surface area (Å²) in [4.78, 5) is 18.3. The Morgan fingerprint density at radius 3 is 2.00 bits per heavy atom. The third-order valence-corrected chi connectivity index (χ3v) is 6.51. The number of halogens is 3. The van der Waals surface area contributed by atoms with E-state index in [0.717, 1.165) is 27.3 Å². The van der Waals surface area contributed by atoms with E-state index in [-0.39, 0.29) is 0 Å². The van der Waals surface area contributed by atoms with Crippen LogP contribution in [0.15, 0.2) is 97.1 Å². The lowest BCUT2D eigenvalue weighted by Crippen LogP contribution is -2.48. The number of alkyl halides is 3. The number of aromatic nitrogens is 1. The van der Waals surface area contributed by atoms with E-state index in [2.05, 4.69) is 10.6 Å². The molecule has 0 bridgehead atoms. The van der Waals surface area contributed by atoms with Crippen LogP contribution in [-0.2, 0) is 4.79 Å². The maximum atomic E-state index is 12.5. The molecule has 34 heavy (non-hydrogen) atoms. The third kappa shape index (κ3) is 6.39. The van der Waals surface area contributed by atoms with Gasteiger partial charge in [-0.05, 0) is 17.2 Å². The van der Waals surface area contributed by atoms with E-state index < -0.39 is 15.9 Å². The topological polar surface area (TPSA) is 54.0 Å². The van der Waals surface area contributed by atoms with Crippen molar-refractivity contribution in [3.8, 4) is 21.7 Å². The van der Waals surface area contributed by atoms with E-state index in [1.807, 2.05) is 91.0 Å². The van der Waals surface area contributed by atoms with Gasteiger partial charge in [-0.3, -0.25) is 4.79 Å². The van der Waals surface area contributed by atoms with Gasteiger partial charge in [-0.25, -0.2) is 4.98 Å². The Morgan fingerprint density at radius 1 is 0.853 bits per heavy atom. The standard InChI is InChI=1S/C26H20Cl3N3OS/c27-26(28,29)24(30-21(33)17-16-18-10-4-1-5-11-18)32-25-31-22(19-12-6-2-7-13-19)23(34-25)20-14-8-3-9-15-20/h1-17,24H,(H,30,33)(H,31,32). The van der Waals surface area contributed by atoms with Crippen molar-refractivity contribution < 1.29 is 4.79 Å². The van der Waals surface area contributed by atoms with Gasteiger partial charge in [-0.2, -0.15) is 0 Å². The Balaban J connectivity index is 1.60. The number of anilines is 1. The van der Waals surface area contributed by atoms with Crippen molar-refractivity contribution in [3.63, 3.8) is 0 Å². The zero-order valence-electron chi connectivity index (χ0n) is 17.8. The van der Waals surface area contributed by atoms with Gasteiger partial charge in [0.25, 0.3) is 0 Å². The summed E-state index contributed by atoms with van der Waals surface area (Å²) in [6, 6.07) is 29.3. The molecule has 0 aliphatic rings. The second-order valence-corrected chi connectivity index (χ2v) is 10.7. The van der Waals surface area contributed by atoms with Crippen LogP contribution in [0.1, 0.15) is 5.56 Å². The number of nitrogens with one attached hydrogen (secondary N) is 2. The van der Waals surface area contributed by atoms with Crippen LogP contribution in [0, 0.1) is 0 Å². The van der Waals surface area contributed by atoms with Crippen molar-refractivity contribution in [2.24, 2.45) is 0 Å². The van der Waals surface area contributed by atoms with Crippen molar-refractivity contribution in [1.82, 2.24) is 10.3 Å². The molecule has 0 saturated carbocycles. The number of rotatable bonds is 7. The van der Waals surface area contributed by atoms with Gasteiger partial charge in [0.2, 0.25) is 9.70 Å². The van der Waals surface area contributed by atoms with Crippen LogP contribution in [0.5, 0.6) is 0 Å². The van der Waals surface area contributed by atoms with E-state index in [0.29, 0.717) is 5.13 Å². The Hall–Kier alpha value is -2.83. The van der Waals surface area contributed by atoms with Crippen molar-refractivity contribution in [3.05, 3.63) is 103 Å². The highest BCUT2D eigenvalue weighted by molar-refractivity contribution is 7.19. The molecule has 0 aliphatic carbocycles. The molecule has 1 amide bonds. The number of thiazole rings is 1. The van der Waals surface area contributed by atoms with Gasteiger partial charge in [0.05, 0.1) is 10.6 Å². The highest BCUT2D eigenvalue weighted by Crippen LogP contribution is 2.40. The van der Waals surface area contributed by atoms with Gasteiger partial charge in [0, 0.05) is 11.6 Å². The molecular weight excluding hydrogens is 509 g/mol. The molecule has 2 N–H and O–H groups in total. The number of hydrogen-bond acceptors (Lipinski definition) is 4. The van der Waals surface area contributed by atoms with Crippen molar-refractivity contribution in [2.45, 2.75) is 9.96 Å². The van der Waals surface area contributed by atoms with Gasteiger partial charge in [0.15, 0.2) is 5.13 Å². The molecule has 1 heterocycles. The molecule has 4 nitrogen and oxygen atoms in total. The normalized spacial score (nSPS) is 12.4. The van der Waals surface area contributed by atoms with Gasteiger partial charge in [-0.1, -0.05) is 137 Å². The minimum atomic E-state index is -1.82. The SMILES string of the molecule is O=C(C=Cc1ccccc1)NC(Nc1nc(-c2ccccc2)c(-c2ccccc2)s1)C(Cl)(Cl)Cl. The third-order valence-electron chi connectivity index (χ3n) is 4.82. The number of hydrogen-bond donors (Lipinski definition) is 2. The molecule has 0 aliphatic heterocycles. The van der Waals surface area contributed by atoms with Crippen LogP contribution in [-0.4, -0.2) is 20.8 Å². The largest absolute Gasteiger partial charge is 0.338 e. The maximum Gasteiger partial charge on any atom is 0.245 e. The van der Waals surface area contributed by atoms with Crippen molar-refractivity contribution >= 4 is 63.3 Å². The van der Waals surface area contributed by atoms with Crippen molar-refractivity contribution in [2.75, 3.05) is 5.32 Å². The average molecular weight is 529 g/mol. The summed E-state index contributed by atoms with van der Waals surface area (Å²) in [6.45, 7) is 0. The van der Waals surface area contributed by atoms with E-state index >= 15 is 0 Å². The second-order valence-electron chi connectivity index (χ2n) is 7.30. The summed E-state index contributed by atoms with van der Waals surface area (Å²) in [7, 11) is 0. The molecular formula is C26H20Cl3N3OS. The van der Waals surface area contributed by atoms with Crippen molar-refractivity contribution in [1.29, 1.82) is 0 Å². The van der Waals surface area contributed by atoms with Crippen LogP contribution >= 0.6 is 46.1 Å². The van der Waals surface area contributed by atoms with Crippen LogP contribution in [0.3, 0.4) is 0 Å². The molecule has 1 unspecified atom stereocenters. The van der Waals surface area contributed by atoms with Crippen LogP contribution in [0.25, 0.3) is 27.8 Å². The molecule has 4 aromatic rings. The van der Waals surface area contributed by atoms with E-state index in [4.69, 9.17) is 39.8 Å². The smallest absolute Gasteiger partial charge is 0.245 e. The Morgan fingerprint density at radius 2 is 1.41 bits per heavy atom. The average Bonchev–Trinajstić information content (AvgIpc) is 3.27. The molecule has 1 aromatic heterocycles. The zero-order chi connectivity index (χ0) is 24.0. The Labute approximate surface area is 217 Å². The first-order chi connectivity index (χ1) is 16.4. The second kappa shape index (κ2) is 11.1. The van der Waals surface area contributed by atoms with Crippen LogP contribution in [0.2, 0.25) is 0 Å². The zero-order valence-corrected chi connectivity index (χ0v) is 20.9. The molecule has 0 radical (unpaired) electrons. The lowest BCUT2D eigenvalue weighted by atomic mass is 10.1. The van der Waals surface area contributed by atoms with E-state index in [9.17, 15) is 4.79 Å². The van der Waals surface area contributed by atoms with Crippen LogP contribution in [0.4, 0.5) is 5.13 Å². The fraction of sp³-hybridized carbons (Fsp3) is 0.0769. The number of nitrogens with zero attached hydrogens (tertiary/aromatic N) is 1. The van der Waals surface area contributed by atoms with Crippen LogP contribution < -0.4 is 10.6 Å². The maximum absolute atomic E-state index is 12.5. The van der Waals surface area contributed by atoms with E-state index in [1.165, 1.54) is 17.4 Å². The molecule has 4 rings (SSSR count). The lowest BCUT2D eigenvalue weighted by Gasteiger charge is -2.25. The number of carbonyl (C=O) groups excluding carboxylic acids is 1. The minimum Gasteiger partial charge on any atom is -0.338 e. The molecule has 1 atom stereocenters. The molecule has 0 saturated heterocycles. The monoisotopic (exact) mass is 527 g/mol. The minimum absolute atomic E-state index is 0.407. The van der Waals surface area contributed by atoms with Gasteiger partial charge in [0.1, 0.15) is 6.17 Å². The predicted molar refractivity (Wildman–Crippen MR) is 144 cm³/mol. The summed E-state index contributed by atoms with van der Waals surface area (Å²) in [5, 5.41) is 6.33. The predicted octanol–water partition coefficient (Wildman–Crippen LogP) is 7.41. The lowest BCUT2D eigenvalue weighted by molar-refractivity contribution is -0.116. The fourth-order valence-electron chi connectivity index (χ4n) is 3.21. The molecule has 3 aromatic carbocycles. The number of amides is 1. The molecule has 0 spiro atoms. The van der Waals surface area contributed by atoms with Gasteiger partial charge >= 0.3 is 0 Å². The summed E-state index contributed by atoms with van der Waals surface area (Å²) >= 11 is 20.0. The number of benzene rings is 3. The molecule has 0 fully saturated rings. The molecule has 172 valence electrons. The first kappa shape index (κ1) is 24.3. The summed E-state index contributed by atoms with van der Waals surface area (Å²) in [6.07, 6.45) is 2.08.